The fourth-order valence-corrected chi connectivity index (χ4v) is 4.74. The maximum absolute atomic E-state index is 11.9. The zero-order chi connectivity index (χ0) is 15.0. The molecule has 1 aliphatic rings. The first-order chi connectivity index (χ1) is 9.28. The zero-order valence-corrected chi connectivity index (χ0v) is 14.0. The van der Waals surface area contributed by atoms with Crippen molar-refractivity contribution in [3.8, 4) is 6.07 Å². The Kier molecular flexibility index (Phi) is 4.33. The van der Waals surface area contributed by atoms with Crippen molar-refractivity contribution in [3.05, 3.63) is 27.7 Å². The van der Waals surface area contributed by atoms with Crippen LogP contribution in [0, 0.1) is 11.3 Å². The van der Waals surface area contributed by atoms with Crippen molar-refractivity contribution >= 4 is 43.1 Å². The molecule has 0 heterocycles. The molecule has 1 aromatic rings. The smallest absolute Gasteiger partial charge is 0.153 e. The van der Waals surface area contributed by atoms with Crippen molar-refractivity contribution in [2.75, 3.05) is 11.6 Å². The number of nitrogens with zero attached hydrogens (tertiary/aromatic N) is 1. The van der Waals surface area contributed by atoms with Crippen LogP contribution in [0.25, 0.3) is 0 Å². The number of anilines is 1. The molecule has 0 spiro atoms. The number of nitriles is 1. The molecule has 2 rings (SSSR count). The van der Waals surface area contributed by atoms with E-state index in [0.717, 1.165) is 0 Å². The molecular weight excluding hydrogens is 364 g/mol. The van der Waals surface area contributed by atoms with Gasteiger partial charge < -0.3 is 5.32 Å². The summed E-state index contributed by atoms with van der Waals surface area (Å²) in [5.74, 6) is 0. The summed E-state index contributed by atoms with van der Waals surface area (Å²) in [5.41, 5.74) is -0.390. The number of sulfone groups is 1. The second-order valence-electron chi connectivity index (χ2n) is 5.05. The molecule has 0 aromatic heterocycles. The molecule has 1 N–H and O–H groups in total. The van der Waals surface area contributed by atoms with Gasteiger partial charge in [-0.25, -0.2) is 8.42 Å². The molecule has 0 aliphatic heterocycles. The number of rotatable bonds is 3. The lowest BCUT2D eigenvalue weighted by atomic mass is 9.99. The van der Waals surface area contributed by atoms with Crippen LogP contribution in [0.3, 0.4) is 0 Å². The van der Waals surface area contributed by atoms with Gasteiger partial charge in [0.1, 0.15) is 5.54 Å². The molecular formula is C13H14BrClN2O2S. The van der Waals surface area contributed by atoms with Crippen LogP contribution in [0.2, 0.25) is 5.02 Å². The van der Waals surface area contributed by atoms with Crippen LogP contribution >= 0.6 is 27.5 Å². The van der Waals surface area contributed by atoms with E-state index in [-0.39, 0.29) is 0 Å². The second-order valence-corrected chi connectivity index (χ2v) is 8.54. The summed E-state index contributed by atoms with van der Waals surface area (Å²) in [7, 11) is -3.28. The minimum atomic E-state index is -3.28. The van der Waals surface area contributed by atoms with E-state index in [9.17, 15) is 13.7 Å². The van der Waals surface area contributed by atoms with Gasteiger partial charge in [-0.2, -0.15) is 5.26 Å². The monoisotopic (exact) mass is 376 g/mol. The summed E-state index contributed by atoms with van der Waals surface area (Å²) >= 11 is 9.25. The molecule has 2 unspecified atom stereocenters. The van der Waals surface area contributed by atoms with Crippen LogP contribution in [-0.2, 0) is 9.84 Å². The fourth-order valence-electron chi connectivity index (χ4n) is 2.68. The van der Waals surface area contributed by atoms with Gasteiger partial charge in [0.2, 0.25) is 0 Å². The van der Waals surface area contributed by atoms with Crippen molar-refractivity contribution < 1.29 is 8.42 Å². The molecule has 108 valence electrons. The van der Waals surface area contributed by atoms with Gasteiger partial charge in [-0.3, -0.25) is 0 Å². The molecule has 0 saturated heterocycles. The normalized spacial score (nSPS) is 26.2. The summed E-state index contributed by atoms with van der Waals surface area (Å²) in [6, 6.07) is 7.36. The lowest BCUT2D eigenvalue weighted by Crippen LogP contribution is -2.47. The van der Waals surface area contributed by atoms with Crippen molar-refractivity contribution in [1.82, 2.24) is 0 Å². The third-order valence-electron chi connectivity index (χ3n) is 3.59. The van der Waals surface area contributed by atoms with E-state index in [1.54, 1.807) is 18.2 Å². The SMILES string of the molecule is CS(=O)(=O)C1CCCC1(C#N)Nc1ccc(Cl)c(Br)c1. The van der Waals surface area contributed by atoms with Crippen molar-refractivity contribution in [2.45, 2.75) is 30.1 Å². The Balaban J connectivity index is 2.37. The molecule has 0 radical (unpaired) electrons. The van der Waals surface area contributed by atoms with Crippen LogP contribution in [0.15, 0.2) is 22.7 Å². The van der Waals surface area contributed by atoms with E-state index in [2.05, 4.69) is 27.3 Å². The largest absolute Gasteiger partial charge is 0.366 e. The summed E-state index contributed by atoms with van der Waals surface area (Å²) in [5, 5.41) is 12.5. The first kappa shape index (κ1) is 15.6. The zero-order valence-electron chi connectivity index (χ0n) is 10.9. The number of nitrogens with one attached hydrogen (secondary N) is 1. The Bertz CT molecular complexity index is 671. The Morgan fingerprint density at radius 1 is 1.55 bits per heavy atom. The number of hydrogen-bond donors (Lipinski definition) is 1. The maximum Gasteiger partial charge on any atom is 0.153 e. The summed E-state index contributed by atoms with van der Waals surface area (Å²) < 4.78 is 24.5. The predicted octanol–water partition coefficient (Wildman–Crippen LogP) is 3.37. The van der Waals surface area contributed by atoms with Crippen LogP contribution in [0.5, 0.6) is 0 Å². The van der Waals surface area contributed by atoms with Crippen LogP contribution in [0.4, 0.5) is 5.69 Å². The predicted molar refractivity (Wildman–Crippen MR) is 83.6 cm³/mol. The van der Waals surface area contributed by atoms with Crippen molar-refractivity contribution in [2.24, 2.45) is 0 Å². The average Bonchev–Trinajstić information content (AvgIpc) is 2.78. The van der Waals surface area contributed by atoms with Gasteiger partial charge in [0.15, 0.2) is 9.84 Å². The molecule has 1 aromatic carbocycles. The van der Waals surface area contributed by atoms with Gasteiger partial charge in [-0.05, 0) is 53.4 Å². The van der Waals surface area contributed by atoms with Gasteiger partial charge in [0, 0.05) is 16.4 Å². The molecule has 1 aliphatic carbocycles. The second kappa shape index (κ2) is 5.55. The molecule has 20 heavy (non-hydrogen) atoms. The van der Waals surface area contributed by atoms with Crippen LogP contribution in [0.1, 0.15) is 19.3 Å². The number of hydrogen-bond acceptors (Lipinski definition) is 4. The Morgan fingerprint density at radius 3 is 2.80 bits per heavy atom. The third kappa shape index (κ3) is 2.95. The molecule has 0 amide bonds. The standard InChI is InChI=1S/C13H14BrClN2O2S/c1-20(18,19)12-3-2-6-13(12,8-16)17-9-4-5-11(15)10(14)7-9/h4-5,7,12,17H,2-3,6H2,1H3. The summed E-state index contributed by atoms with van der Waals surface area (Å²) in [4.78, 5) is 0. The average molecular weight is 378 g/mol. The van der Waals surface area contributed by atoms with E-state index >= 15 is 0 Å². The van der Waals surface area contributed by atoms with Gasteiger partial charge in [-0.1, -0.05) is 11.6 Å². The quantitative estimate of drug-likeness (QED) is 0.876. The van der Waals surface area contributed by atoms with E-state index in [0.29, 0.717) is 34.4 Å². The molecule has 4 nitrogen and oxygen atoms in total. The Morgan fingerprint density at radius 2 is 2.25 bits per heavy atom. The molecule has 1 fully saturated rings. The van der Waals surface area contributed by atoms with Gasteiger partial charge in [-0.15, -0.1) is 0 Å². The Labute approximate surface area is 132 Å². The first-order valence-electron chi connectivity index (χ1n) is 6.12. The first-order valence-corrected chi connectivity index (χ1v) is 9.24. The molecule has 2 atom stereocenters. The highest BCUT2D eigenvalue weighted by Crippen LogP contribution is 2.38. The maximum atomic E-state index is 11.9. The lowest BCUT2D eigenvalue weighted by molar-refractivity contribution is 0.552. The van der Waals surface area contributed by atoms with E-state index in [4.69, 9.17) is 11.6 Å². The number of benzene rings is 1. The highest BCUT2D eigenvalue weighted by Gasteiger charge is 2.48. The highest BCUT2D eigenvalue weighted by molar-refractivity contribution is 9.10. The molecule has 1 saturated carbocycles. The molecule has 7 heteroatoms. The summed E-state index contributed by atoms with van der Waals surface area (Å²) in [6.45, 7) is 0. The lowest BCUT2D eigenvalue weighted by Gasteiger charge is -2.29. The van der Waals surface area contributed by atoms with E-state index in [1.165, 1.54) is 6.26 Å². The summed E-state index contributed by atoms with van der Waals surface area (Å²) in [6.07, 6.45) is 2.93. The minimum Gasteiger partial charge on any atom is -0.366 e. The molecule has 0 bridgehead atoms. The van der Waals surface area contributed by atoms with Crippen LogP contribution < -0.4 is 5.32 Å². The minimum absolute atomic E-state index is 0.508. The fraction of sp³-hybridized carbons (Fsp3) is 0.462. The van der Waals surface area contributed by atoms with E-state index < -0.39 is 20.6 Å². The van der Waals surface area contributed by atoms with Gasteiger partial charge in [0.05, 0.1) is 16.3 Å². The third-order valence-corrected chi connectivity index (χ3v) is 6.48. The van der Waals surface area contributed by atoms with Crippen molar-refractivity contribution in [3.63, 3.8) is 0 Å². The Hall–Kier alpha value is -0.770. The van der Waals surface area contributed by atoms with Crippen LogP contribution in [-0.4, -0.2) is 25.5 Å². The number of halogens is 2. The van der Waals surface area contributed by atoms with Gasteiger partial charge in [0.25, 0.3) is 0 Å². The van der Waals surface area contributed by atoms with Crippen molar-refractivity contribution in [1.29, 1.82) is 5.26 Å². The van der Waals surface area contributed by atoms with Gasteiger partial charge >= 0.3 is 0 Å². The highest BCUT2D eigenvalue weighted by atomic mass is 79.9. The van der Waals surface area contributed by atoms with E-state index in [1.807, 2.05) is 0 Å². The topological polar surface area (TPSA) is 70.0 Å².